The number of hydrogen-bond donors (Lipinski definition) is 0. The Labute approximate surface area is 117 Å². The minimum absolute atomic E-state index is 0.256. The second-order valence-corrected chi connectivity index (χ2v) is 11.6. The molecule has 104 valence electrons. The van der Waals surface area contributed by atoms with Crippen LogP contribution in [0.15, 0.2) is 30.3 Å². The summed E-state index contributed by atoms with van der Waals surface area (Å²) in [6.45, 7) is 7.59. The number of amides is 1. The molecular formula is C16H25NOSi. The molecule has 3 heteroatoms. The molecular weight excluding hydrogens is 250 g/mol. The number of rotatable bonds is 4. The molecule has 1 aliphatic rings. The zero-order chi connectivity index (χ0) is 13.9. The van der Waals surface area contributed by atoms with Crippen molar-refractivity contribution in [3.05, 3.63) is 35.9 Å². The maximum Gasteiger partial charge on any atom is 0.219 e. The summed E-state index contributed by atoms with van der Waals surface area (Å²) in [5.41, 5.74) is 1.45. The smallest absolute Gasteiger partial charge is 0.219 e. The Morgan fingerprint density at radius 1 is 1.32 bits per heavy atom. The summed E-state index contributed by atoms with van der Waals surface area (Å²) >= 11 is 0. The van der Waals surface area contributed by atoms with E-state index < -0.39 is 8.07 Å². The fraction of sp³-hybridized carbons (Fsp3) is 0.562. The number of hydrogen-bond acceptors (Lipinski definition) is 1. The highest BCUT2D eigenvalue weighted by Crippen LogP contribution is 2.27. The zero-order valence-electron chi connectivity index (χ0n) is 12.4. The number of nitrogens with zero attached hydrogens (tertiary/aromatic N) is 1. The molecule has 0 N–H and O–H groups in total. The highest BCUT2D eigenvalue weighted by molar-refractivity contribution is 6.77. The maximum absolute atomic E-state index is 11.6. The van der Waals surface area contributed by atoms with Crippen molar-refractivity contribution in [3.63, 3.8) is 0 Å². The summed E-state index contributed by atoms with van der Waals surface area (Å²) in [5, 5.41) is 0. The van der Waals surface area contributed by atoms with E-state index >= 15 is 0 Å². The molecule has 0 saturated carbocycles. The average molecular weight is 275 g/mol. The molecule has 1 saturated heterocycles. The fourth-order valence-electron chi connectivity index (χ4n) is 3.32. The van der Waals surface area contributed by atoms with Crippen molar-refractivity contribution in [1.29, 1.82) is 0 Å². The van der Waals surface area contributed by atoms with Gasteiger partial charge in [0.2, 0.25) is 5.91 Å². The summed E-state index contributed by atoms with van der Waals surface area (Å²) in [6.07, 6.45) is 2.38. The van der Waals surface area contributed by atoms with Gasteiger partial charge in [-0.2, -0.15) is 0 Å². The molecule has 19 heavy (non-hydrogen) atoms. The standard InChI is InChI=1S/C16H25NOSi/c1-14(18)17-11-7-10-16(17)13-19(2,3)12-15-8-5-4-6-9-15/h4-6,8-9,16H,7,10-13H2,1-3H3. The van der Waals surface area contributed by atoms with Crippen LogP contribution in [0.4, 0.5) is 0 Å². The first-order chi connectivity index (χ1) is 8.98. The van der Waals surface area contributed by atoms with E-state index in [1.54, 1.807) is 6.92 Å². The van der Waals surface area contributed by atoms with Gasteiger partial charge >= 0.3 is 0 Å². The molecule has 1 atom stereocenters. The minimum atomic E-state index is -1.29. The lowest BCUT2D eigenvalue weighted by molar-refractivity contribution is -0.129. The van der Waals surface area contributed by atoms with E-state index in [1.807, 2.05) is 0 Å². The number of carbonyl (C=O) groups is 1. The molecule has 2 nitrogen and oxygen atoms in total. The van der Waals surface area contributed by atoms with Crippen molar-refractivity contribution >= 4 is 14.0 Å². The molecule has 2 rings (SSSR count). The van der Waals surface area contributed by atoms with Crippen LogP contribution in [0, 0.1) is 0 Å². The van der Waals surface area contributed by atoms with Crippen LogP contribution in [0.1, 0.15) is 25.3 Å². The van der Waals surface area contributed by atoms with Crippen molar-refractivity contribution < 1.29 is 4.79 Å². The van der Waals surface area contributed by atoms with Crippen LogP contribution in [-0.2, 0) is 10.8 Å². The highest BCUT2D eigenvalue weighted by atomic mass is 28.3. The van der Waals surface area contributed by atoms with Crippen LogP contribution in [-0.4, -0.2) is 31.5 Å². The number of likely N-dealkylation sites (tertiary alicyclic amines) is 1. The van der Waals surface area contributed by atoms with Crippen LogP contribution in [0.25, 0.3) is 0 Å². The van der Waals surface area contributed by atoms with E-state index in [-0.39, 0.29) is 5.91 Å². The van der Waals surface area contributed by atoms with Crippen LogP contribution >= 0.6 is 0 Å². The third-order valence-electron chi connectivity index (χ3n) is 4.10. The van der Waals surface area contributed by atoms with Crippen molar-refractivity contribution in [3.8, 4) is 0 Å². The second kappa shape index (κ2) is 5.91. The minimum Gasteiger partial charge on any atom is -0.340 e. The number of carbonyl (C=O) groups excluding carboxylic acids is 1. The van der Waals surface area contributed by atoms with Crippen LogP contribution in [0.2, 0.25) is 19.1 Å². The van der Waals surface area contributed by atoms with Gasteiger partial charge in [-0.3, -0.25) is 4.79 Å². The Bertz CT molecular complexity index is 430. The molecule has 1 aromatic rings. The van der Waals surface area contributed by atoms with E-state index in [1.165, 1.54) is 30.5 Å². The van der Waals surface area contributed by atoms with E-state index in [4.69, 9.17) is 0 Å². The Balaban J connectivity index is 1.98. The summed E-state index contributed by atoms with van der Waals surface area (Å²) in [7, 11) is -1.29. The third kappa shape index (κ3) is 3.93. The van der Waals surface area contributed by atoms with Gasteiger partial charge in [-0.1, -0.05) is 49.0 Å². The van der Waals surface area contributed by atoms with Crippen molar-refractivity contribution in [2.24, 2.45) is 0 Å². The predicted octanol–water partition coefficient (Wildman–Crippen LogP) is 3.49. The van der Waals surface area contributed by atoms with Gasteiger partial charge in [0.05, 0.1) is 8.07 Å². The van der Waals surface area contributed by atoms with Gasteiger partial charge in [0.15, 0.2) is 0 Å². The van der Waals surface area contributed by atoms with Crippen LogP contribution in [0.3, 0.4) is 0 Å². The molecule has 1 amide bonds. The average Bonchev–Trinajstić information content (AvgIpc) is 2.77. The topological polar surface area (TPSA) is 20.3 Å². The lowest BCUT2D eigenvalue weighted by Gasteiger charge is -2.31. The largest absolute Gasteiger partial charge is 0.340 e. The van der Waals surface area contributed by atoms with E-state index in [2.05, 4.69) is 48.3 Å². The van der Waals surface area contributed by atoms with Crippen LogP contribution < -0.4 is 0 Å². The Kier molecular flexibility index (Phi) is 4.45. The molecule has 0 spiro atoms. The number of benzene rings is 1. The van der Waals surface area contributed by atoms with Gasteiger partial charge < -0.3 is 4.90 Å². The highest BCUT2D eigenvalue weighted by Gasteiger charge is 2.33. The first-order valence-corrected chi connectivity index (χ1v) is 10.7. The molecule has 1 heterocycles. The molecule has 0 aromatic heterocycles. The fourth-order valence-corrected chi connectivity index (χ4v) is 6.51. The quantitative estimate of drug-likeness (QED) is 0.770. The van der Waals surface area contributed by atoms with E-state index in [9.17, 15) is 4.79 Å². The van der Waals surface area contributed by atoms with Gasteiger partial charge in [0.1, 0.15) is 0 Å². The van der Waals surface area contributed by atoms with Crippen LogP contribution in [0.5, 0.6) is 0 Å². The van der Waals surface area contributed by atoms with Gasteiger partial charge in [0.25, 0.3) is 0 Å². The Morgan fingerprint density at radius 3 is 2.63 bits per heavy atom. The maximum atomic E-state index is 11.6. The molecule has 0 bridgehead atoms. The molecule has 1 aromatic carbocycles. The van der Waals surface area contributed by atoms with E-state index in [0.29, 0.717) is 6.04 Å². The van der Waals surface area contributed by atoms with Crippen molar-refractivity contribution in [2.45, 2.75) is 51.0 Å². The van der Waals surface area contributed by atoms with Gasteiger partial charge in [-0.15, -0.1) is 0 Å². The normalized spacial score (nSPS) is 19.7. The molecule has 0 aliphatic carbocycles. The van der Waals surface area contributed by atoms with Gasteiger partial charge in [-0.25, -0.2) is 0 Å². The van der Waals surface area contributed by atoms with E-state index in [0.717, 1.165) is 6.54 Å². The predicted molar refractivity (Wildman–Crippen MR) is 82.8 cm³/mol. The second-order valence-electron chi connectivity index (χ2n) is 6.54. The summed E-state index contributed by atoms with van der Waals surface area (Å²) in [6, 6.07) is 13.7. The Hall–Kier alpha value is -1.09. The summed E-state index contributed by atoms with van der Waals surface area (Å²) < 4.78 is 0. The van der Waals surface area contributed by atoms with Gasteiger partial charge in [-0.05, 0) is 24.9 Å². The lowest BCUT2D eigenvalue weighted by atomic mass is 10.2. The summed E-state index contributed by atoms with van der Waals surface area (Å²) in [5.74, 6) is 0.256. The third-order valence-corrected chi connectivity index (χ3v) is 7.04. The lowest BCUT2D eigenvalue weighted by Crippen LogP contribution is -2.41. The molecule has 1 aliphatic heterocycles. The first-order valence-electron chi connectivity index (χ1n) is 7.29. The Morgan fingerprint density at radius 2 is 2.00 bits per heavy atom. The van der Waals surface area contributed by atoms with Crippen molar-refractivity contribution in [2.75, 3.05) is 6.54 Å². The van der Waals surface area contributed by atoms with Crippen molar-refractivity contribution in [1.82, 2.24) is 4.90 Å². The first kappa shape index (κ1) is 14.3. The molecule has 1 unspecified atom stereocenters. The molecule has 0 radical (unpaired) electrons. The monoisotopic (exact) mass is 275 g/mol. The molecule has 1 fully saturated rings. The SMILES string of the molecule is CC(=O)N1CCCC1C[Si](C)(C)Cc1ccccc1. The zero-order valence-corrected chi connectivity index (χ0v) is 13.4. The summed E-state index contributed by atoms with van der Waals surface area (Å²) in [4.78, 5) is 13.7. The van der Waals surface area contributed by atoms with Gasteiger partial charge in [0, 0.05) is 19.5 Å².